The van der Waals surface area contributed by atoms with Crippen LogP contribution in [0.3, 0.4) is 0 Å². The van der Waals surface area contributed by atoms with Crippen LogP contribution in [0.5, 0.6) is 0 Å². The topological polar surface area (TPSA) is 78.1 Å². The fraction of sp³-hybridized carbons (Fsp3) is 0.152. The fourth-order valence-electron chi connectivity index (χ4n) is 5.14. The summed E-state index contributed by atoms with van der Waals surface area (Å²) in [6, 6.07) is 31.3. The Labute approximate surface area is 233 Å². The van der Waals surface area contributed by atoms with Gasteiger partial charge in [0.1, 0.15) is 5.82 Å². The largest absolute Gasteiger partial charge is 0.354 e. The second kappa shape index (κ2) is 11.4. The minimum Gasteiger partial charge on any atom is -0.354 e. The molecule has 0 N–H and O–H groups in total. The van der Waals surface area contributed by atoms with E-state index in [4.69, 9.17) is 4.98 Å². The summed E-state index contributed by atoms with van der Waals surface area (Å²) in [4.78, 5) is 27.8. The van der Waals surface area contributed by atoms with E-state index in [0.29, 0.717) is 22.4 Å². The Morgan fingerprint density at radius 2 is 1.57 bits per heavy atom. The minimum atomic E-state index is -0.216. The SMILES string of the molecule is N#Cc1ccccc1-c1cc(-c2ccccn2)cn(-c2ccc(N3CCN(Cc4ccccc4)CC3)nc2)c1=O. The van der Waals surface area contributed by atoms with Crippen LogP contribution in [-0.2, 0) is 6.54 Å². The van der Waals surface area contributed by atoms with Crippen molar-refractivity contribution in [3.8, 4) is 34.1 Å². The van der Waals surface area contributed by atoms with Crippen molar-refractivity contribution in [1.29, 1.82) is 5.26 Å². The highest BCUT2D eigenvalue weighted by Crippen LogP contribution is 2.26. The molecule has 0 atom stereocenters. The summed E-state index contributed by atoms with van der Waals surface area (Å²) in [6.45, 7) is 4.66. The Balaban J connectivity index is 1.29. The second-order valence-electron chi connectivity index (χ2n) is 9.81. The Morgan fingerprint density at radius 3 is 2.30 bits per heavy atom. The van der Waals surface area contributed by atoms with E-state index < -0.39 is 0 Å². The molecule has 3 aromatic heterocycles. The van der Waals surface area contributed by atoms with Crippen LogP contribution in [0, 0.1) is 11.3 Å². The van der Waals surface area contributed by atoms with Gasteiger partial charge in [-0.05, 0) is 42.0 Å². The molecule has 0 bridgehead atoms. The molecule has 7 heteroatoms. The van der Waals surface area contributed by atoms with Crippen LogP contribution in [0.1, 0.15) is 11.1 Å². The van der Waals surface area contributed by atoms with E-state index >= 15 is 0 Å². The molecule has 7 nitrogen and oxygen atoms in total. The monoisotopic (exact) mass is 524 g/mol. The number of aromatic nitrogens is 3. The lowest BCUT2D eigenvalue weighted by molar-refractivity contribution is 0.249. The van der Waals surface area contributed by atoms with Gasteiger partial charge in [0, 0.05) is 61.8 Å². The number of hydrogen-bond acceptors (Lipinski definition) is 6. The normalized spacial score (nSPS) is 13.6. The van der Waals surface area contributed by atoms with Gasteiger partial charge in [0.2, 0.25) is 0 Å². The van der Waals surface area contributed by atoms with Gasteiger partial charge in [-0.15, -0.1) is 0 Å². The number of rotatable bonds is 6. The highest BCUT2D eigenvalue weighted by atomic mass is 16.1. The van der Waals surface area contributed by atoms with E-state index in [1.54, 1.807) is 41.4 Å². The first-order valence-electron chi connectivity index (χ1n) is 13.3. The molecule has 0 amide bonds. The van der Waals surface area contributed by atoms with Gasteiger partial charge < -0.3 is 4.90 Å². The first-order chi connectivity index (χ1) is 19.7. The third kappa shape index (κ3) is 5.26. The molecule has 4 heterocycles. The number of hydrogen-bond donors (Lipinski definition) is 0. The van der Waals surface area contributed by atoms with Crippen LogP contribution in [0.25, 0.3) is 28.1 Å². The van der Waals surface area contributed by atoms with Crippen LogP contribution in [0.2, 0.25) is 0 Å². The van der Waals surface area contributed by atoms with Crippen LogP contribution >= 0.6 is 0 Å². The summed E-state index contributed by atoms with van der Waals surface area (Å²) in [6.07, 6.45) is 5.26. The molecule has 1 aliphatic heterocycles. The summed E-state index contributed by atoms with van der Waals surface area (Å²) in [5.74, 6) is 0.895. The number of anilines is 1. The van der Waals surface area contributed by atoms with Crippen molar-refractivity contribution in [3.05, 3.63) is 131 Å². The van der Waals surface area contributed by atoms with Crippen molar-refractivity contribution in [2.75, 3.05) is 31.1 Å². The van der Waals surface area contributed by atoms with Crippen molar-refractivity contribution in [2.24, 2.45) is 0 Å². The van der Waals surface area contributed by atoms with E-state index in [-0.39, 0.29) is 5.56 Å². The third-order valence-electron chi connectivity index (χ3n) is 7.27. The molecule has 0 radical (unpaired) electrons. The predicted molar refractivity (Wildman–Crippen MR) is 157 cm³/mol. The summed E-state index contributed by atoms with van der Waals surface area (Å²) < 4.78 is 1.60. The maximum absolute atomic E-state index is 13.8. The first-order valence-corrected chi connectivity index (χ1v) is 13.3. The highest BCUT2D eigenvalue weighted by Gasteiger charge is 2.19. The molecular weight excluding hydrogens is 496 g/mol. The molecule has 0 spiro atoms. The minimum absolute atomic E-state index is 0.216. The summed E-state index contributed by atoms with van der Waals surface area (Å²) >= 11 is 0. The average molecular weight is 525 g/mol. The van der Waals surface area contributed by atoms with Crippen molar-refractivity contribution < 1.29 is 0 Å². The molecule has 1 fully saturated rings. The van der Waals surface area contributed by atoms with Crippen molar-refractivity contribution >= 4 is 5.82 Å². The van der Waals surface area contributed by atoms with Gasteiger partial charge in [-0.3, -0.25) is 19.2 Å². The van der Waals surface area contributed by atoms with Crippen molar-refractivity contribution in [1.82, 2.24) is 19.4 Å². The van der Waals surface area contributed by atoms with Crippen LogP contribution in [0.4, 0.5) is 5.82 Å². The van der Waals surface area contributed by atoms with Crippen LogP contribution in [-0.4, -0.2) is 45.6 Å². The number of nitriles is 1. The smallest absolute Gasteiger partial charge is 0.263 e. The lowest BCUT2D eigenvalue weighted by Gasteiger charge is -2.35. The van der Waals surface area contributed by atoms with E-state index in [1.165, 1.54) is 5.56 Å². The van der Waals surface area contributed by atoms with Gasteiger partial charge in [-0.2, -0.15) is 5.26 Å². The summed E-state index contributed by atoms with van der Waals surface area (Å²) in [7, 11) is 0. The van der Waals surface area contributed by atoms with E-state index in [0.717, 1.165) is 49.8 Å². The Hall–Kier alpha value is -5.06. The molecule has 0 saturated carbocycles. The standard InChI is InChI=1S/C33H28N6O/c34-21-26-10-4-5-11-29(26)30-20-27(31-12-6-7-15-35-31)24-39(33(30)40)28-13-14-32(36-22-28)38-18-16-37(17-19-38)23-25-8-2-1-3-9-25/h1-15,20,22,24H,16-19,23H2. The molecule has 1 aliphatic rings. The van der Waals surface area contributed by atoms with E-state index in [2.05, 4.69) is 45.1 Å². The summed E-state index contributed by atoms with van der Waals surface area (Å²) in [5.41, 5.74) is 4.78. The molecule has 0 unspecified atom stereocenters. The van der Waals surface area contributed by atoms with Crippen molar-refractivity contribution in [2.45, 2.75) is 6.54 Å². The zero-order chi connectivity index (χ0) is 27.3. The number of nitrogens with zero attached hydrogens (tertiary/aromatic N) is 6. The fourth-order valence-corrected chi connectivity index (χ4v) is 5.14. The van der Waals surface area contributed by atoms with Crippen molar-refractivity contribution in [3.63, 3.8) is 0 Å². The third-order valence-corrected chi connectivity index (χ3v) is 7.27. The second-order valence-corrected chi connectivity index (χ2v) is 9.81. The Morgan fingerprint density at radius 1 is 0.800 bits per heavy atom. The zero-order valence-electron chi connectivity index (χ0n) is 22.0. The van der Waals surface area contributed by atoms with Gasteiger partial charge in [0.05, 0.1) is 29.2 Å². The molecule has 6 rings (SSSR count). The molecular formula is C33H28N6O. The van der Waals surface area contributed by atoms with Gasteiger partial charge in [-0.25, -0.2) is 4.98 Å². The Bertz CT molecular complexity index is 1700. The first kappa shape index (κ1) is 25.2. The zero-order valence-corrected chi connectivity index (χ0v) is 22.0. The maximum atomic E-state index is 13.8. The molecule has 2 aromatic carbocycles. The van der Waals surface area contributed by atoms with Gasteiger partial charge in [-0.1, -0.05) is 54.6 Å². The quantitative estimate of drug-likeness (QED) is 0.306. The van der Waals surface area contributed by atoms with E-state index in [9.17, 15) is 10.1 Å². The molecule has 5 aromatic rings. The molecule has 1 saturated heterocycles. The van der Waals surface area contributed by atoms with Crippen LogP contribution < -0.4 is 10.5 Å². The van der Waals surface area contributed by atoms with Gasteiger partial charge in [0.15, 0.2) is 0 Å². The number of piperazine rings is 1. The predicted octanol–water partition coefficient (Wildman–Crippen LogP) is 5.16. The molecule has 0 aliphatic carbocycles. The highest BCUT2D eigenvalue weighted by molar-refractivity contribution is 5.74. The van der Waals surface area contributed by atoms with Crippen LogP contribution in [0.15, 0.2) is 114 Å². The molecule has 40 heavy (non-hydrogen) atoms. The maximum Gasteiger partial charge on any atom is 0.263 e. The Kier molecular flexibility index (Phi) is 7.16. The number of benzene rings is 2. The molecule has 196 valence electrons. The lowest BCUT2D eigenvalue weighted by Crippen LogP contribution is -2.46. The van der Waals surface area contributed by atoms with Gasteiger partial charge >= 0.3 is 0 Å². The summed E-state index contributed by atoms with van der Waals surface area (Å²) in [5, 5.41) is 9.70. The lowest BCUT2D eigenvalue weighted by atomic mass is 9.99. The number of pyridine rings is 3. The average Bonchev–Trinajstić information content (AvgIpc) is 3.03. The van der Waals surface area contributed by atoms with E-state index in [1.807, 2.05) is 48.5 Å². The van der Waals surface area contributed by atoms with Gasteiger partial charge in [0.25, 0.3) is 5.56 Å².